The molecule has 0 spiro atoms. The number of aryl methyl sites for hydroxylation is 1. The average Bonchev–Trinajstić information content (AvgIpc) is 2.21. The lowest BCUT2D eigenvalue weighted by Gasteiger charge is -2.21. The van der Waals surface area contributed by atoms with Gasteiger partial charge in [-0.15, -0.1) is 0 Å². The van der Waals surface area contributed by atoms with E-state index in [1.807, 2.05) is 32.0 Å². The van der Waals surface area contributed by atoms with Gasteiger partial charge in [0.2, 0.25) is 5.91 Å². The van der Waals surface area contributed by atoms with Crippen molar-refractivity contribution in [3.8, 4) is 0 Å². The highest BCUT2D eigenvalue weighted by Crippen LogP contribution is 2.27. The zero-order valence-corrected chi connectivity index (χ0v) is 10.5. The van der Waals surface area contributed by atoms with Crippen LogP contribution in [0.3, 0.4) is 0 Å². The minimum Gasteiger partial charge on any atom is -0.322 e. The van der Waals surface area contributed by atoms with Crippen LogP contribution in [0, 0.1) is 6.92 Å². The highest BCUT2D eigenvalue weighted by atomic mass is 79.9. The molecule has 0 saturated carbocycles. The largest absolute Gasteiger partial charge is 0.322 e. The molecule has 2 N–H and O–H groups in total. The molecule has 0 bridgehead atoms. The third-order valence-corrected chi connectivity index (χ3v) is 2.82. The van der Waals surface area contributed by atoms with Crippen LogP contribution in [0.1, 0.15) is 12.5 Å². The van der Waals surface area contributed by atoms with Gasteiger partial charge >= 0.3 is 0 Å². The fraction of sp³-hybridized carbons (Fsp3) is 0.364. The number of nitrogens with two attached hydrogens (primary N) is 1. The first-order chi connectivity index (χ1) is 7.10. The standard InChI is InChI=1S/C11H15BrN2O/c1-3-14(11(15)7-13)10-5-4-8(2)6-9(10)12/h4-6H,3,7,13H2,1-2H3. The topological polar surface area (TPSA) is 46.3 Å². The quantitative estimate of drug-likeness (QED) is 0.914. The molecule has 82 valence electrons. The minimum atomic E-state index is -0.0675. The van der Waals surface area contributed by atoms with Crippen molar-refractivity contribution in [1.82, 2.24) is 0 Å². The maximum Gasteiger partial charge on any atom is 0.240 e. The monoisotopic (exact) mass is 270 g/mol. The van der Waals surface area contributed by atoms with Crippen molar-refractivity contribution in [2.45, 2.75) is 13.8 Å². The number of hydrogen-bond donors (Lipinski definition) is 1. The van der Waals surface area contributed by atoms with Crippen molar-refractivity contribution in [2.75, 3.05) is 18.0 Å². The summed E-state index contributed by atoms with van der Waals surface area (Å²) in [5, 5.41) is 0. The Morgan fingerprint density at radius 3 is 2.67 bits per heavy atom. The van der Waals surface area contributed by atoms with Gasteiger partial charge in [-0.3, -0.25) is 4.79 Å². The summed E-state index contributed by atoms with van der Waals surface area (Å²) in [6.07, 6.45) is 0. The summed E-state index contributed by atoms with van der Waals surface area (Å²) >= 11 is 3.45. The lowest BCUT2D eigenvalue weighted by atomic mass is 10.2. The number of nitrogens with zero attached hydrogens (tertiary/aromatic N) is 1. The summed E-state index contributed by atoms with van der Waals surface area (Å²) in [5.74, 6) is -0.0675. The van der Waals surface area contributed by atoms with E-state index in [2.05, 4.69) is 15.9 Å². The van der Waals surface area contributed by atoms with Crippen LogP contribution in [0.15, 0.2) is 22.7 Å². The van der Waals surface area contributed by atoms with Gasteiger partial charge < -0.3 is 10.6 Å². The summed E-state index contributed by atoms with van der Waals surface area (Å²) in [7, 11) is 0. The zero-order chi connectivity index (χ0) is 11.4. The third-order valence-electron chi connectivity index (χ3n) is 2.19. The molecule has 0 aliphatic rings. The average molecular weight is 271 g/mol. The van der Waals surface area contributed by atoms with Crippen LogP contribution in [-0.2, 0) is 4.79 Å². The molecule has 0 aliphatic carbocycles. The first kappa shape index (κ1) is 12.2. The van der Waals surface area contributed by atoms with Crippen molar-refractivity contribution >= 4 is 27.5 Å². The summed E-state index contributed by atoms with van der Waals surface area (Å²) in [4.78, 5) is 13.2. The van der Waals surface area contributed by atoms with E-state index in [0.717, 1.165) is 15.7 Å². The second-order valence-electron chi connectivity index (χ2n) is 3.30. The van der Waals surface area contributed by atoms with Crippen LogP contribution >= 0.6 is 15.9 Å². The number of rotatable bonds is 3. The van der Waals surface area contributed by atoms with E-state index in [-0.39, 0.29) is 12.5 Å². The molecule has 0 aromatic heterocycles. The number of benzene rings is 1. The van der Waals surface area contributed by atoms with E-state index in [1.165, 1.54) is 0 Å². The van der Waals surface area contributed by atoms with Crippen LogP contribution in [0.2, 0.25) is 0 Å². The molecule has 1 amide bonds. The van der Waals surface area contributed by atoms with Gasteiger partial charge in [0, 0.05) is 11.0 Å². The van der Waals surface area contributed by atoms with Crippen LogP contribution in [0.5, 0.6) is 0 Å². The highest BCUT2D eigenvalue weighted by molar-refractivity contribution is 9.10. The molecule has 1 aromatic rings. The summed E-state index contributed by atoms with van der Waals surface area (Å²) in [5.41, 5.74) is 7.39. The smallest absolute Gasteiger partial charge is 0.240 e. The summed E-state index contributed by atoms with van der Waals surface area (Å²) in [6, 6.07) is 5.89. The number of amides is 1. The Hall–Kier alpha value is -0.870. The number of halogens is 1. The molecule has 0 fully saturated rings. The van der Waals surface area contributed by atoms with E-state index in [4.69, 9.17) is 5.73 Å². The van der Waals surface area contributed by atoms with E-state index >= 15 is 0 Å². The molecule has 15 heavy (non-hydrogen) atoms. The predicted octanol–water partition coefficient (Wildman–Crippen LogP) is 2.07. The Kier molecular flexibility index (Phi) is 4.29. The second-order valence-corrected chi connectivity index (χ2v) is 4.15. The van der Waals surface area contributed by atoms with Gasteiger partial charge in [0.05, 0.1) is 12.2 Å². The van der Waals surface area contributed by atoms with Gasteiger partial charge in [0.15, 0.2) is 0 Å². The van der Waals surface area contributed by atoms with Crippen LogP contribution in [-0.4, -0.2) is 19.0 Å². The molecule has 0 aliphatic heterocycles. The maximum absolute atomic E-state index is 11.6. The van der Waals surface area contributed by atoms with Gasteiger partial charge in [-0.1, -0.05) is 6.07 Å². The van der Waals surface area contributed by atoms with Crippen LogP contribution < -0.4 is 10.6 Å². The summed E-state index contributed by atoms with van der Waals surface area (Å²) < 4.78 is 0.922. The first-order valence-electron chi connectivity index (χ1n) is 4.86. The SMILES string of the molecule is CCN(C(=O)CN)c1ccc(C)cc1Br. The van der Waals surface area contributed by atoms with E-state index in [1.54, 1.807) is 4.90 Å². The Balaban J connectivity index is 3.07. The zero-order valence-electron chi connectivity index (χ0n) is 8.96. The van der Waals surface area contributed by atoms with Gasteiger partial charge in [-0.2, -0.15) is 0 Å². The Bertz CT molecular complexity index is 366. The molecular weight excluding hydrogens is 256 g/mol. The van der Waals surface area contributed by atoms with Gasteiger partial charge in [0.1, 0.15) is 0 Å². The molecule has 0 heterocycles. The Morgan fingerprint density at radius 2 is 2.20 bits per heavy atom. The minimum absolute atomic E-state index is 0.0359. The lowest BCUT2D eigenvalue weighted by molar-refractivity contribution is -0.117. The first-order valence-corrected chi connectivity index (χ1v) is 5.66. The van der Waals surface area contributed by atoms with E-state index in [0.29, 0.717) is 6.54 Å². The number of anilines is 1. The number of carbonyl (C=O) groups excluding carboxylic acids is 1. The number of likely N-dealkylation sites (N-methyl/N-ethyl adjacent to an activating group) is 1. The van der Waals surface area contributed by atoms with E-state index in [9.17, 15) is 4.79 Å². The predicted molar refractivity (Wildman–Crippen MR) is 66.0 cm³/mol. The fourth-order valence-electron chi connectivity index (χ4n) is 1.42. The van der Waals surface area contributed by atoms with Gasteiger partial charge in [-0.05, 0) is 47.5 Å². The second kappa shape index (κ2) is 5.28. The van der Waals surface area contributed by atoms with Crippen molar-refractivity contribution < 1.29 is 4.79 Å². The van der Waals surface area contributed by atoms with Crippen LogP contribution in [0.4, 0.5) is 5.69 Å². The molecule has 0 saturated heterocycles. The maximum atomic E-state index is 11.6. The Morgan fingerprint density at radius 1 is 1.53 bits per heavy atom. The molecule has 0 radical (unpaired) electrons. The highest BCUT2D eigenvalue weighted by Gasteiger charge is 2.14. The molecule has 4 heteroatoms. The number of carbonyl (C=O) groups is 1. The van der Waals surface area contributed by atoms with Crippen molar-refractivity contribution in [1.29, 1.82) is 0 Å². The van der Waals surface area contributed by atoms with Gasteiger partial charge in [-0.25, -0.2) is 0 Å². The molecule has 0 unspecified atom stereocenters. The Labute approximate surface area is 98.4 Å². The molecule has 3 nitrogen and oxygen atoms in total. The normalized spacial score (nSPS) is 10.1. The van der Waals surface area contributed by atoms with Crippen molar-refractivity contribution in [3.05, 3.63) is 28.2 Å². The van der Waals surface area contributed by atoms with Crippen LogP contribution in [0.25, 0.3) is 0 Å². The number of hydrogen-bond acceptors (Lipinski definition) is 2. The fourth-order valence-corrected chi connectivity index (χ4v) is 2.13. The van der Waals surface area contributed by atoms with Gasteiger partial charge in [0.25, 0.3) is 0 Å². The third kappa shape index (κ3) is 2.79. The molecule has 0 atom stereocenters. The van der Waals surface area contributed by atoms with Crippen molar-refractivity contribution in [3.63, 3.8) is 0 Å². The van der Waals surface area contributed by atoms with Crippen molar-refractivity contribution in [2.24, 2.45) is 5.73 Å². The molecule has 1 aromatic carbocycles. The lowest BCUT2D eigenvalue weighted by Crippen LogP contribution is -2.36. The molecule has 1 rings (SSSR count). The summed E-state index contributed by atoms with van der Waals surface area (Å²) in [6.45, 7) is 4.60. The van der Waals surface area contributed by atoms with E-state index < -0.39 is 0 Å². The molecular formula is C11H15BrN2O.